The van der Waals surface area contributed by atoms with Gasteiger partial charge in [-0.05, 0) is 18.9 Å². The van der Waals surface area contributed by atoms with Crippen LogP contribution in [0.3, 0.4) is 0 Å². The second-order valence-corrected chi connectivity index (χ2v) is 6.76. The minimum absolute atomic E-state index is 0.0369. The summed E-state index contributed by atoms with van der Waals surface area (Å²) in [4.78, 5) is 29.1. The van der Waals surface area contributed by atoms with E-state index in [9.17, 15) is 9.59 Å². The quantitative estimate of drug-likeness (QED) is 0.912. The van der Waals surface area contributed by atoms with E-state index in [2.05, 4.69) is 10.2 Å². The largest absolute Gasteiger partial charge is 0.472 e. The van der Waals surface area contributed by atoms with Gasteiger partial charge in [-0.2, -0.15) is 0 Å². The van der Waals surface area contributed by atoms with Gasteiger partial charge in [0.05, 0.1) is 25.0 Å². The second-order valence-electron chi connectivity index (χ2n) is 6.76. The summed E-state index contributed by atoms with van der Waals surface area (Å²) in [5.41, 5.74) is 1.04. The van der Waals surface area contributed by atoms with Crippen LogP contribution in [-0.4, -0.2) is 53.8 Å². The first-order valence-electron chi connectivity index (χ1n) is 9.04. The Hall–Kier alpha value is -1.82. The molecule has 3 rings (SSSR count). The molecule has 2 aliphatic rings. The summed E-state index contributed by atoms with van der Waals surface area (Å²) >= 11 is 0. The Kier molecular flexibility index (Phi) is 5.91. The third-order valence-corrected chi connectivity index (χ3v) is 4.98. The number of hydrogen-bond donors (Lipinski definition) is 1. The Morgan fingerprint density at radius 3 is 2.62 bits per heavy atom. The van der Waals surface area contributed by atoms with Crippen LogP contribution in [0.4, 0.5) is 0 Å². The van der Waals surface area contributed by atoms with Gasteiger partial charge in [0.2, 0.25) is 11.8 Å². The van der Waals surface area contributed by atoms with Crippen LogP contribution >= 0.6 is 0 Å². The van der Waals surface area contributed by atoms with Gasteiger partial charge in [0.1, 0.15) is 0 Å². The molecule has 0 spiro atoms. The fourth-order valence-electron chi connectivity index (χ4n) is 3.58. The molecule has 0 saturated carbocycles. The molecule has 1 aromatic heterocycles. The minimum atomic E-state index is -0.383. The molecule has 24 heavy (non-hydrogen) atoms. The number of furan rings is 1. The lowest BCUT2D eigenvalue weighted by Crippen LogP contribution is -2.56. The van der Waals surface area contributed by atoms with Crippen LogP contribution in [0, 0.1) is 0 Å². The molecule has 1 N–H and O–H groups in total. The molecule has 2 saturated heterocycles. The maximum atomic E-state index is 12.7. The van der Waals surface area contributed by atoms with Gasteiger partial charge in [0.15, 0.2) is 0 Å². The highest BCUT2D eigenvalue weighted by molar-refractivity contribution is 5.88. The topological polar surface area (TPSA) is 65.8 Å². The van der Waals surface area contributed by atoms with Crippen LogP contribution < -0.4 is 5.32 Å². The van der Waals surface area contributed by atoms with E-state index in [-0.39, 0.29) is 24.3 Å². The van der Waals surface area contributed by atoms with Gasteiger partial charge in [-0.3, -0.25) is 14.5 Å². The van der Waals surface area contributed by atoms with Gasteiger partial charge in [-0.15, -0.1) is 0 Å². The Morgan fingerprint density at radius 1 is 1.17 bits per heavy atom. The van der Waals surface area contributed by atoms with Crippen molar-refractivity contribution in [3.63, 3.8) is 0 Å². The average molecular weight is 333 g/mol. The van der Waals surface area contributed by atoms with E-state index in [1.165, 1.54) is 19.3 Å². The van der Waals surface area contributed by atoms with Crippen LogP contribution in [0.5, 0.6) is 0 Å². The minimum Gasteiger partial charge on any atom is -0.472 e. The summed E-state index contributed by atoms with van der Waals surface area (Å²) in [6.45, 7) is 3.69. The summed E-state index contributed by atoms with van der Waals surface area (Å²) in [7, 11) is 0. The molecule has 0 bridgehead atoms. The molecule has 1 aromatic rings. The lowest BCUT2D eigenvalue weighted by Gasteiger charge is -2.35. The van der Waals surface area contributed by atoms with Gasteiger partial charge < -0.3 is 14.6 Å². The van der Waals surface area contributed by atoms with E-state index >= 15 is 0 Å². The molecule has 3 heterocycles. The Labute approximate surface area is 143 Å². The van der Waals surface area contributed by atoms with Crippen molar-refractivity contribution < 1.29 is 14.0 Å². The first-order valence-corrected chi connectivity index (χ1v) is 9.04. The number of nitrogens with one attached hydrogen (secondary N) is 1. The summed E-state index contributed by atoms with van der Waals surface area (Å²) < 4.78 is 5.12. The lowest BCUT2D eigenvalue weighted by molar-refractivity contribution is -0.139. The fraction of sp³-hybridized carbons (Fsp3) is 0.667. The van der Waals surface area contributed by atoms with Crippen LogP contribution in [0.25, 0.3) is 0 Å². The van der Waals surface area contributed by atoms with Crippen LogP contribution in [0.1, 0.15) is 44.1 Å². The molecule has 2 amide bonds. The molecular weight excluding hydrogens is 306 g/mol. The summed E-state index contributed by atoms with van der Waals surface area (Å²) in [6.07, 6.45) is 9.40. The lowest BCUT2D eigenvalue weighted by atomic mass is 10.0. The first-order chi connectivity index (χ1) is 11.7. The van der Waals surface area contributed by atoms with Crippen molar-refractivity contribution in [1.82, 2.24) is 15.1 Å². The highest BCUT2D eigenvalue weighted by Crippen LogP contribution is 2.17. The van der Waals surface area contributed by atoms with Crippen molar-refractivity contribution in [2.75, 3.05) is 26.2 Å². The summed E-state index contributed by atoms with van der Waals surface area (Å²) in [5, 5.41) is 2.90. The molecule has 132 valence electrons. The molecule has 0 aliphatic carbocycles. The summed E-state index contributed by atoms with van der Waals surface area (Å²) in [5.74, 6) is 0.0706. The van der Waals surface area contributed by atoms with Crippen molar-refractivity contribution in [3.8, 4) is 0 Å². The van der Waals surface area contributed by atoms with Crippen LogP contribution in [0.15, 0.2) is 23.0 Å². The average Bonchev–Trinajstić information content (AvgIpc) is 3.03. The molecule has 6 nitrogen and oxygen atoms in total. The highest BCUT2D eigenvalue weighted by atomic mass is 16.3. The van der Waals surface area contributed by atoms with Crippen molar-refractivity contribution in [2.45, 2.75) is 51.1 Å². The normalized spacial score (nSPS) is 23.4. The third-order valence-electron chi connectivity index (χ3n) is 4.98. The number of nitrogens with zero attached hydrogens (tertiary/aromatic N) is 2. The monoisotopic (exact) mass is 333 g/mol. The maximum Gasteiger partial charge on any atom is 0.237 e. The molecule has 1 unspecified atom stereocenters. The zero-order valence-electron chi connectivity index (χ0n) is 14.2. The molecule has 1 atom stereocenters. The zero-order valence-corrected chi connectivity index (χ0v) is 14.2. The predicted octanol–water partition coefficient (Wildman–Crippen LogP) is 1.76. The number of carbonyl (C=O) groups is 2. The van der Waals surface area contributed by atoms with E-state index in [1.54, 1.807) is 12.5 Å². The predicted molar refractivity (Wildman–Crippen MR) is 90.2 cm³/mol. The molecule has 0 aromatic carbocycles. The van der Waals surface area contributed by atoms with Crippen molar-refractivity contribution in [3.05, 3.63) is 24.2 Å². The van der Waals surface area contributed by atoms with Crippen molar-refractivity contribution in [1.29, 1.82) is 0 Å². The molecule has 6 heteroatoms. The Bertz CT molecular complexity index is 536. The number of carbonyl (C=O) groups excluding carboxylic acids is 2. The zero-order chi connectivity index (χ0) is 16.8. The van der Waals surface area contributed by atoms with Crippen molar-refractivity contribution >= 4 is 11.8 Å². The van der Waals surface area contributed by atoms with Gasteiger partial charge in [-0.25, -0.2) is 0 Å². The molecule has 2 fully saturated rings. The number of amides is 2. The van der Waals surface area contributed by atoms with Crippen LogP contribution in [-0.2, 0) is 16.1 Å². The number of piperazine rings is 1. The summed E-state index contributed by atoms with van der Waals surface area (Å²) in [6, 6.07) is 1.52. The molecule has 2 aliphatic heterocycles. The first kappa shape index (κ1) is 17.0. The SMILES string of the molecule is O=C1NCCN(Cc2ccoc2)C1CC(=O)N1CCCCCCC1. The standard InChI is InChI=1S/C18H27N3O3/c22-17(20-8-4-2-1-3-5-9-20)12-16-18(23)19-7-10-21(16)13-15-6-11-24-14-15/h6,11,14,16H,1-5,7-10,12-13H2,(H,19,23). The second kappa shape index (κ2) is 8.33. The fourth-order valence-corrected chi connectivity index (χ4v) is 3.58. The van der Waals surface area contributed by atoms with E-state index in [1.807, 2.05) is 11.0 Å². The third kappa shape index (κ3) is 4.38. The van der Waals surface area contributed by atoms with E-state index in [0.29, 0.717) is 13.1 Å². The van der Waals surface area contributed by atoms with Gasteiger partial charge in [-0.1, -0.05) is 19.3 Å². The van der Waals surface area contributed by atoms with Gasteiger partial charge in [0, 0.05) is 38.3 Å². The van der Waals surface area contributed by atoms with E-state index in [4.69, 9.17) is 4.42 Å². The maximum absolute atomic E-state index is 12.7. The van der Waals surface area contributed by atoms with Gasteiger partial charge in [0.25, 0.3) is 0 Å². The molecule has 0 radical (unpaired) electrons. The Balaban J connectivity index is 1.62. The number of likely N-dealkylation sites (tertiary alicyclic amines) is 1. The Morgan fingerprint density at radius 2 is 1.92 bits per heavy atom. The molecular formula is C18H27N3O3. The van der Waals surface area contributed by atoms with E-state index < -0.39 is 0 Å². The van der Waals surface area contributed by atoms with E-state index in [0.717, 1.165) is 38.0 Å². The highest BCUT2D eigenvalue weighted by Gasteiger charge is 2.33. The van der Waals surface area contributed by atoms with Gasteiger partial charge >= 0.3 is 0 Å². The number of rotatable bonds is 4. The van der Waals surface area contributed by atoms with Crippen molar-refractivity contribution in [2.24, 2.45) is 0 Å². The van der Waals surface area contributed by atoms with Crippen LogP contribution in [0.2, 0.25) is 0 Å². The number of hydrogen-bond acceptors (Lipinski definition) is 4. The smallest absolute Gasteiger partial charge is 0.237 e.